The second kappa shape index (κ2) is 13.3. The number of nitrogens with zero attached hydrogens (tertiary/aromatic N) is 2. The number of aromatic nitrogens is 2. The molecule has 296 valence electrons. The minimum Gasteiger partial charge on any atom is -0.452 e. The summed E-state index contributed by atoms with van der Waals surface area (Å²) >= 11 is 0. The van der Waals surface area contributed by atoms with E-state index in [1.807, 2.05) is 12.1 Å². The zero-order valence-electron chi connectivity index (χ0n) is 34.6. The molecule has 0 N–H and O–H groups in total. The molecule has 0 radical (unpaired) electrons. The Balaban J connectivity index is 1.04. The van der Waals surface area contributed by atoms with Gasteiger partial charge in [0.1, 0.15) is 16.8 Å². The highest BCUT2D eigenvalue weighted by Crippen LogP contribution is 2.65. The van der Waals surface area contributed by atoms with Gasteiger partial charge in [0.25, 0.3) is 0 Å². The van der Waals surface area contributed by atoms with E-state index in [-0.39, 0.29) is 0 Å². The van der Waals surface area contributed by atoms with Crippen LogP contribution >= 0.6 is 0 Å². The Morgan fingerprint density at radius 1 is 0.344 bits per heavy atom. The van der Waals surface area contributed by atoms with E-state index in [1.54, 1.807) is 0 Å². The summed E-state index contributed by atoms with van der Waals surface area (Å²) < 4.78 is 6.71. The quantitative estimate of drug-likeness (QED) is 0.166. The van der Waals surface area contributed by atoms with E-state index in [9.17, 15) is 0 Å². The lowest BCUT2D eigenvalue weighted by molar-refractivity contribution is 0.667. The molecule has 2 heterocycles. The zero-order valence-corrected chi connectivity index (χ0v) is 34.6. The van der Waals surface area contributed by atoms with Gasteiger partial charge in [-0.2, -0.15) is 0 Å². The molecule has 14 rings (SSSR count). The number of furan rings is 1. The molecule has 1 atom stereocenters. The van der Waals surface area contributed by atoms with Gasteiger partial charge in [0.2, 0.25) is 0 Å². The van der Waals surface area contributed by atoms with Crippen molar-refractivity contribution < 1.29 is 4.42 Å². The third-order valence-corrected chi connectivity index (χ3v) is 13.9. The average Bonchev–Trinajstić information content (AvgIpc) is 4.01. The fourth-order valence-electron chi connectivity index (χ4n) is 11.2. The molecule has 3 heteroatoms. The summed E-state index contributed by atoms with van der Waals surface area (Å²) in [7, 11) is 0. The maximum absolute atomic E-state index is 6.71. The molecule has 0 fully saturated rings. The SMILES string of the molecule is c1ccc(-c2cc(-c3ccccc3)cc(-c3nc(-c4ccc5c(c4)-c4ccccc4C54c5ccccc5-c5c4c4ccccc4c4ccccc54)nc4c3oc3ccccc34)c2)cc1. The highest BCUT2D eigenvalue weighted by Gasteiger charge is 2.53. The molecule has 2 aliphatic carbocycles. The van der Waals surface area contributed by atoms with Gasteiger partial charge < -0.3 is 4.42 Å². The number of fused-ring (bicyclic) bond motifs is 18. The van der Waals surface area contributed by atoms with Crippen LogP contribution in [0.3, 0.4) is 0 Å². The second-order valence-corrected chi connectivity index (χ2v) is 17.1. The third-order valence-electron chi connectivity index (χ3n) is 13.9. The van der Waals surface area contributed by atoms with Crippen molar-refractivity contribution in [2.24, 2.45) is 0 Å². The molecule has 3 nitrogen and oxygen atoms in total. The van der Waals surface area contributed by atoms with Crippen LogP contribution in [0.1, 0.15) is 22.3 Å². The summed E-state index contributed by atoms with van der Waals surface area (Å²) in [5.41, 5.74) is 19.3. The number of hydrogen-bond donors (Lipinski definition) is 0. The Labute approximate surface area is 369 Å². The van der Waals surface area contributed by atoms with Crippen LogP contribution in [0.2, 0.25) is 0 Å². The first-order valence-electron chi connectivity index (χ1n) is 22.0. The predicted molar refractivity (Wildman–Crippen MR) is 262 cm³/mol. The molecule has 12 aromatic rings. The molecule has 10 aromatic carbocycles. The van der Waals surface area contributed by atoms with Gasteiger partial charge >= 0.3 is 0 Å². The third kappa shape index (κ3) is 4.81. The van der Waals surface area contributed by atoms with E-state index in [1.165, 1.54) is 66.1 Å². The molecular weight excluding hydrogens is 777 g/mol. The van der Waals surface area contributed by atoms with Crippen molar-refractivity contribution in [3.8, 4) is 67.2 Å². The summed E-state index contributed by atoms with van der Waals surface area (Å²) in [6, 6.07) is 79.1. The Bertz CT molecular complexity index is 3850. The van der Waals surface area contributed by atoms with Crippen LogP contribution in [-0.2, 0) is 5.41 Å². The van der Waals surface area contributed by atoms with E-state index >= 15 is 0 Å². The maximum atomic E-state index is 6.71. The van der Waals surface area contributed by atoms with Crippen LogP contribution in [0.15, 0.2) is 223 Å². The molecule has 0 amide bonds. The molecule has 0 bridgehead atoms. The summed E-state index contributed by atoms with van der Waals surface area (Å²) in [5.74, 6) is 0.658. The molecule has 2 aliphatic rings. The van der Waals surface area contributed by atoms with Gasteiger partial charge in [-0.1, -0.05) is 182 Å². The normalized spacial score (nSPS) is 14.6. The zero-order chi connectivity index (χ0) is 41.9. The van der Waals surface area contributed by atoms with E-state index in [2.05, 4.69) is 206 Å². The predicted octanol–water partition coefficient (Wildman–Crippen LogP) is 15.7. The molecule has 1 unspecified atom stereocenters. The molecule has 2 aromatic heterocycles. The Morgan fingerprint density at radius 2 is 0.875 bits per heavy atom. The van der Waals surface area contributed by atoms with E-state index in [0.29, 0.717) is 11.4 Å². The van der Waals surface area contributed by atoms with Crippen LogP contribution in [0.25, 0.3) is 111 Å². The monoisotopic (exact) mass is 812 g/mol. The van der Waals surface area contributed by atoms with Crippen LogP contribution < -0.4 is 0 Å². The largest absolute Gasteiger partial charge is 0.452 e. The summed E-state index contributed by atoms with van der Waals surface area (Å²) in [4.78, 5) is 10.9. The van der Waals surface area contributed by atoms with Crippen LogP contribution in [-0.4, -0.2) is 9.97 Å². The molecule has 0 saturated carbocycles. The molecule has 1 spiro atoms. The second-order valence-electron chi connectivity index (χ2n) is 17.1. The van der Waals surface area contributed by atoms with E-state index in [4.69, 9.17) is 14.4 Å². The first-order valence-corrected chi connectivity index (χ1v) is 22.0. The number of benzene rings is 10. The van der Waals surface area contributed by atoms with Crippen molar-refractivity contribution in [1.29, 1.82) is 0 Å². The van der Waals surface area contributed by atoms with Crippen molar-refractivity contribution in [1.82, 2.24) is 9.97 Å². The Hall–Kier alpha value is -8.40. The number of hydrogen-bond acceptors (Lipinski definition) is 3. The molecule has 0 saturated heterocycles. The first kappa shape index (κ1) is 35.2. The van der Waals surface area contributed by atoms with Gasteiger partial charge in [-0.15, -0.1) is 0 Å². The standard InChI is InChI=1S/C61H36N2O/c1-3-17-37(18-4-1)40-33-41(38-19-5-2-6-20-38)35-42(34-40)57-59-58(49-27-13-16-30-54(49)64-59)63-60(62-57)39-31-32-53-50(36-39)45-23-11-14-28-51(45)61(53)52-29-15-12-26-48(52)55-46-24-9-7-21-43(46)44-22-8-10-25-47(44)56(55)61/h1-36H. The minimum absolute atomic E-state index is 0.525. The smallest absolute Gasteiger partial charge is 0.180 e. The fraction of sp³-hybridized carbons (Fsp3) is 0.0164. The number of para-hydroxylation sites is 1. The van der Waals surface area contributed by atoms with Crippen molar-refractivity contribution in [3.05, 3.63) is 241 Å². The highest BCUT2D eigenvalue weighted by molar-refractivity contribution is 6.20. The summed E-state index contributed by atoms with van der Waals surface area (Å²) in [5, 5.41) is 6.10. The van der Waals surface area contributed by atoms with E-state index in [0.717, 1.165) is 55.6 Å². The van der Waals surface area contributed by atoms with Crippen molar-refractivity contribution in [2.75, 3.05) is 0 Å². The van der Waals surface area contributed by atoms with Crippen LogP contribution in [0.4, 0.5) is 0 Å². The van der Waals surface area contributed by atoms with Crippen molar-refractivity contribution in [3.63, 3.8) is 0 Å². The van der Waals surface area contributed by atoms with Gasteiger partial charge in [0.15, 0.2) is 11.4 Å². The van der Waals surface area contributed by atoms with Crippen LogP contribution in [0, 0.1) is 0 Å². The van der Waals surface area contributed by atoms with Gasteiger partial charge in [0, 0.05) is 16.5 Å². The molecule has 0 aliphatic heterocycles. The summed E-state index contributed by atoms with van der Waals surface area (Å²) in [6.45, 7) is 0. The Morgan fingerprint density at radius 3 is 1.59 bits per heavy atom. The topological polar surface area (TPSA) is 38.9 Å². The van der Waals surface area contributed by atoms with Gasteiger partial charge in [-0.05, 0) is 125 Å². The Kier molecular flexibility index (Phi) is 7.32. The van der Waals surface area contributed by atoms with Gasteiger partial charge in [-0.25, -0.2) is 9.97 Å². The highest BCUT2D eigenvalue weighted by atomic mass is 16.3. The van der Waals surface area contributed by atoms with Crippen molar-refractivity contribution in [2.45, 2.75) is 5.41 Å². The fourth-order valence-corrected chi connectivity index (χ4v) is 11.2. The lowest BCUT2D eigenvalue weighted by atomic mass is 9.69. The van der Waals surface area contributed by atoms with E-state index < -0.39 is 5.41 Å². The molecular formula is C61H36N2O. The minimum atomic E-state index is -0.525. The maximum Gasteiger partial charge on any atom is 0.180 e. The van der Waals surface area contributed by atoms with Gasteiger partial charge in [-0.3, -0.25) is 0 Å². The van der Waals surface area contributed by atoms with Gasteiger partial charge in [0.05, 0.1) is 5.41 Å². The first-order chi connectivity index (χ1) is 31.7. The summed E-state index contributed by atoms with van der Waals surface area (Å²) in [6.07, 6.45) is 0. The lowest BCUT2D eigenvalue weighted by Crippen LogP contribution is -2.26. The average molecular weight is 813 g/mol. The molecule has 64 heavy (non-hydrogen) atoms. The van der Waals surface area contributed by atoms with Crippen LogP contribution in [0.5, 0.6) is 0 Å². The lowest BCUT2D eigenvalue weighted by Gasteiger charge is -2.31. The van der Waals surface area contributed by atoms with Crippen molar-refractivity contribution >= 4 is 43.6 Å². The number of rotatable bonds is 4.